The van der Waals surface area contributed by atoms with Crippen LogP contribution in [-0.4, -0.2) is 28.1 Å². The lowest BCUT2D eigenvalue weighted by Crippen LogP contribution is -2.24. The maximum absolute atomic E-state index is 5.30. The molecular weight excluding hydrogens is 246 g/mol. The van der Waals surface area contributed by atoms with E-state index in [4.69, 9.17) is 4.52 Å². The van der Waals surface area contributed by atoms with E-state index in [1.165, 1.54) is 12.8 Å². The van der Waals surface area contributed by atoms with Crippen LogP contribution in [0.2, 0.25) is 0 Å². The summed E-state index contributed by atoms with van der Waals surface area (Å²) in [6.07, 6.45) is 2.42. The summed E-state index contributed by atoms with van der Waals surface area (Å²) in [6, 6.07) is 2.01. The van der Waals surface area contributed by atoms with Gasteiger partial charge < -0.3 is 4.52 Å². The molecule has 0 spiro atoms. The van der Waals surface area contributed by atoms with E-state index in [1.54, 1.807) is 11.3 Å². The largest absolute Gasteiger partial charge is 0.338 e. The first-order valence-electron chi connectivity index (χ1n) is 6.41. The topological polar surface area (TPSA) is 42.2 Å². The quantitative estimate of drug-likeness (QED) is 0.769. The number of hydrogen-bond donors (Lipinski definition) is 0. The monoisotopic (exact) mass is 265 g/mol. The summed E-state index contributed by atoms with van der Waals surface area (Å²) in [5.41, 5.74) is 1.03. The first-order chi connectivity index (χ1) is 8.83. The van der Waals surface area contributed by atoms with E-state index < -0.39 is 0 Å². The van der Waals surface area contributed by atoms with E-state index in [0.29, 0.717) is 11.7 Å². The molecule has 0 saturated carbocycles. The van der Waals surface area contributed by atoms with Crippen molar-refractivity contribution in [3.8, 4) is 11.4 Å². The molecule has 5 heteroatoms. The average molecular weight is 265 g/mol. The Labute approximate surface area is 112 Å². The summed E-state index contributed by atoms with van der Waals surface area (Å²) in [5, 5.41) is 8.07. The summed E-state index contributed by atoms with van der Waals surface area (Å²) < 4.78 is 5.30. The lowest BCUT2D eigenvalue weighted by atomic mass is 10.3. The van der Waals surface area contributed by atoms with Crippen molar-refractivity contribution < 1.29 is 4.52 Å². The molecule has 0 saturated heterocycles. The molecule has 0 atom stereocenters. The standard InChI is InChI=1S/C13H19N3OS/c1-3-5-7-16(4-2)9-12-14-13(15-17-12)11-6-8-18-10-11/h6,8,10H,3-5,7,9H2,1-2H3. The van der Waals surface area contributed by atoms with Crippen molar-refractivity contribution in [1.82, 2.24) is 15.0 Å². The van der Waals surface area contributed by atoms with Crippen LogP contribution in [0.4, 0.5) is 0 Å². The Kier molecular flexibility index (Phi) is 4.90. The second-order valence-corrected chi connectivity index (χ2v) is 5.03. The Balaban J connectivity index is 1.97. The molecule has 0 radical (unpaired) electrons. The highest BCUT2D eigenvalue weighted by molar-refractivity contribution is 7.08. The Morgan fingerprint density at radius 1 is 1.39 bits per heavy atom. The van der Waals surface area contributed by atoms with Gasteiger partial charge in [-0.05, 0) is 31.0 Å². The number of unbranched alkanes of at least 4 members (excludes halogenated alkanes) is 1. The highest BCUT2D eigenvalue weighted by atomic mass is 32.1. The van der Waals surface area contributed by atoms with Crippen LogP contribution in [0.25, 0.3) is 11.4 Å². The molecule has 0 aromatic carbocycles. The van der Waals surface area contributed by atoms with Crippen molar-refractivity contribution in [2.45, 2.75) is 33.2 Å². The van der Waals surface area contributed by atoms with Gasteiger partial charge in [-0.3, -0.25) is 4.90 Å². The molecule has 0 unspecified atom stereocenters. The van der Waals surface area contributed by atoms with Gasteiger partial charge in [-0.15, -0.1) is 0 Å². The van der Waals surface area contributed by atoms with Crippen molar-refractivity contribution in [1.29, 1.82) is 0 Å². The highest BCUT2D eigenvalue weighted by Gasteiger charge is 2.11. The molecule has 0 aliphatic carbocycles. The van der Waals surface area contributed by atoms with Crippen LogP contribution in [0, 0.1) is 0 Å². The van der Waals surface area contributed by atoms with Gasteiger partial charge in [0.1, 0.15) is 0 Å². The SMILES string of the molecule is CCCCN(CC)Cc1nc(-c2ccsc2)no1. The molecule has 2 heterocycles. The van der Waals surface area contributed by atoms with Gasteiger partial charge in [0.15, 0.2) is 0 Å². The molecule has 0 aliphatic rings. The summed E-state index contributed by atoms with van der Waals surface area (Å²) >= 11 is 1.64. The first kappa shape index (κ1) is 13.2. The zero-order valence-corrected chi connectivity index (χ0v) is 11.7. The minimum Gasteiger partial charge on any atom is -0.338 e. The van der Waals surface area contributed by atoms with Crippen LogP contribution in [-0.2, 0) is 6.54 Å². The van der Waals surface area contributed by atoms with Crippen LogP contribution in [0.1, 0.15) is 32.6 Å². The molecule has 0 N–H and O–H groups in total. The number of hydrogen-bond acceptors (Lipinski definition) is 5. The second-order valence-electron chi connectivity index (χ2n) is 4.25. The Morgan fingerprint density at radius 3 is 2.94 bits per heavy atom. The van der Waals surface area contributed by atoms with E-state index in [-0.39, 0.29) is 0 Å². The first-order valence-corrected chi connectivity index (χ1v) is 7.35. The Hall–Kier alpha value is -1.20. The molecule has 2 aromatic heterocycles. The molecule has 98 valence electrons. The van der Waals surface area contributed by atoms with Gasteiger partial charge in [-0.25, -0.2) is 0 Å². The molecule has 0 bridgehead atoms. The zero-order chi connectivity index (χ0) is 12.8. The molecule has 4 nitrogen and oxygen atoms in total. The fourth-order valence-electron chi connectivity index (χ4n) is 1.75. The minimum atomic E-state index is 0.692. The Morgan fingerprint density at radius 2 is 2.28 bits per heavy atom. The molecule has 0 fully saturated rings. The van der Waals surface area contributed by atoms with Crippen molar-refractivity contribution in [3.05, 3.63) is 22.7 Å². The van der Waals surface area contributed by atoms with Gasteiger partial charge in [0, 0.05) is 10.9 Å². The fourth-order valence-corrected chi connectivity index (χ4v) is 2.38. The third kappa shape index (κ3) is 3.40. The van der Waals surface area contributed by atoms with Gasteiger partial charge >= 0.3 is 0 Å². The number of aromatic nitrogens is 2. The smallest absolute Gasteiger partial charge is 0.241 e. The van der Waals surface area contributed by atoms with Gasteiger partial charge in [0.25, 0.3) is 0 Å². The van der Waals surface area contributed by atoms with E-state index in [1.807, 2.05) is 16.8 Å². The maximum Gasteiger partial charge on any atom is 0.241 e. The Bertz CT molecular complexity index is 453. The molecule has 0 amide bonds. The van der Waals surface area contributed by atoms with E-state index in [0.717, 1.165) is 25.2 Å². The van der Waals surface area contributed by atoms with Crippen molar-refractivity contribution in [3.63, 3.8) is 0 Å². The van der Waals surface area contributed by atoms with Crippen LogP contribution in [0.3, 0.4) is 0 Å². The van der Waals surface area contributed by atoms with Gasteiger partial charge in [-0.1, -0.05) is 25.4 Å². The van der Waals surface area contributed by atoms with E-state index >= 15 is 0 Å². The number of nitrogens with zero attached hydrogens (tertiary/aromatic N) is 3. The normalized spacial score (nSPS) is 11.3. The summed E-state index contributed by atoms with van der Waals surface area (Å²) in [5.74, 6) is 1.40. The summed E-state index contributed by atoms with van der Waals surface area (Å²) in [4.78, 5) is 6.76. The molecular formula is C13H19N3OS. The molecule has 0 aliphatic heterocycles. The predicted molar refractivity (Wildman–Crippen MR) is 73.5 cm³/mol. The lowest BCUT2D eigenvalue weighted by molar-refractivity contribution is 0.233. The third-order valence-electron chi connectivity index (χ3n) is 2.88. The summed E-state index contributed by atoms with van der Waals surface area (Å²) in [7, 11) is 0. The zero-order valence-electron chi connectivity index (χ0n) is 10.9. The molecule has 2 rings (SSSR count). The van der Waals surface area contributed by atoms with E-state index in [9.17, 15) is 0 Å². The van der Waals surface area contributed by atoms with E-state index in [2.05, 4.69) is 28.9 Å². The van der Waals surface area contributed by atoms with Crippen LogP contribution >= 0.6 is 11.3 Å². The van der Waals surface area contributed by atoms with Crippen molar-refractivity contribution in [2.75, 3.05) is 13.1 Å². The lowest BCUT2D eigenvalue weighted by Gasteiger charge is -2.17. The summed E-state index contributed by atoms with van der Waals surface area (Å²) in [6.45, 7) is 7.20. The predicted octanol–water partition coefficient (Wildman–Crippen LogP) is 3.42. The van der Waals surface area contributed by atoms with Crippen LogP contribution in [0.5, 0.6) is 0 Å². The average Bonchev–Trinajstić information content (AvgIpc) is 3.04. The van der Waals surface area contributed by atoms with Gasteiger partial charge in [0.05, 0.1) is 6.54 Å². The maximum atomic E-state index is 5.30. The fraction of sp³-hybridized carbons (Fsp3) is 0.538. The van der Waals surface area contributed by atoms with Crippen LogP contribution in [0.15, 0.2) is 21.3 Å². The third-order valence-corrected chi connectivity index (χ3v) is 3.56. The number of rotatable bonds is 7. The van der Waals surface area contributed by atoms with Crippen molar-refractivity contribution in [2.24, 2.45) is 0 Å². The molecule has 2 aromatic rings. The second kappa shape index (κ2) is 6.66. The minimum absolute atomic E-state index is 0.692. The van der Waals surface area contributed by atoms with Gasteiger partial charge in [-0.2, -0.15) is 16.3 Å². The highest BCUT2D eigenvalue weighted by Crippen LogP contribution is 2.19. The molecule has 18 heavy (non-hydrogen) atoms. The van der Waals surface area contributed by atoms with Gasteiger partial charge in [0.2, 0.25) is 11.7 Å². The number of thiophene rings is 1. The van der Waals surface area contributed by atoms with Crippen molar-refractivity contribution >= 4 is 11.3 Å². The van der Waals surface area contributed by atoms with Crippen LogP contribution < -0.4 is 0 Å².